The highest BCUT2D eigenvalue weighted by Crippen LogP contribution is 2.34. The fourth-order valence-electron chi connectivity index (χ4n) is 2.52. The Hall–Kier alpha value is -2.23. The Bertz CT molecular complexity index is 718. The molecule has 0 bridgehead atoms. The molecule has 0 saturated carbocycles. The summed E-state index contributed by atoms with van der Waals surface area (Å²) in [6.45, 7) is 1.66. The second-order valence-corrected chi connectivity index (χ2v) is 6.22. The molecule has 0 aromatic carbocycles. The fourth-order valence-corrected chi connectivity index (χ4v) is 3.70. The van der Waals surface area contributed by atoms with Crippen molar-refractivity contribution in [1.82, 2.24) is 10.3 Å². The highest BCUT2D eigenvalue weighted by Gasteiger charge is 2.21. The Kier molecular flexibility index (Phi) is 4.47. The molecule has 0 aliphatic carbocycles. The number of fused-ring (bicyclic) bond motifs is 1. The van der Waals surface area contributed by atoms with Gasteiger partial charge < -0.3 is 10.6 Å². The van der Waals surface area contributed by atoms with E-state index in [1.807, 2.05) is 18.2 Å². The number of nitrogens with one attached hydrogen (secondary N) is 2. The number of nitrogens with zero attached hydrogens (tertiary/aromatic N) is 2. The van der Waals surface area contributed by atoms with Crippen molar-refractivity contribution >= 4 is 22.2 Å². The van der Waals surface area contributed by atoms with E-state index in [0.29, 0.717) is 23.4 Å². The van der Waals surface area contributed by atoms with Crippen LogP contribution in [0.4, 0.5) is 5.00 Å². The van der Waals surface area contributed by atoms with Crippen LogP contribution in [0.3, 0.4) is 0 Å². The number of amides is 1. The van der Waals surface area contributed by atoms with Crippen LogP contribution >= 0.6 is 11.3 Å². The van der Waals surface area contributed by atoms with Crippen molar-refractivity contribution in [2.75, 3.05) is 11.9 Å². The van der Waals surface area contributed by atoms with E-state index < -0.39 is 0 Å². The van der Waals surface area contributed by atoms with Gasteiger partial charge in [-0.25, -0.2) is 0 Å². The van der Waals surface area contributed by atoms with Crippen LogP contribution in [-0.4, -0.2) is 17.4 Å². The lowest BCUT2D eigenvalue weighted by atomic mass is 10.1. The third kappa shape index (κ3) is 3.16. The van der Waals surface area contributed by atoms with Crippen LogP contribution in [0, 0.1) is 11.3 Å². The highest BCUT2D eigenvalue weighted by atomic mass is 32.1. The van der Waals surface area contributed by atoms with E-state index in [1.54, 1.807) is 6.20 Å². The summed E-state index contributed by atoms with van der Waals surface area (Å²) < 4.78 is 0. The highest BCUT2D eigenvalue weighted by molar-refractivity contribution is 7.16. The molecule has 2 aromatic heterocycles. The molecule has 0 spiro atoms. The van der Waals surface area contributed by atoms with Crippen LogP contribution in [0.2, 0.25) is 0 Å². The minimum Gasteiger partial charge on any atom is -0.317 e. The van der Waals surface area contributed by atoms with Crippen LogP contribution in [-0.2, 0) is 24.2 Å². The molecule has 5 nitrogen and oxygen atoms in total. The molecule has 1 amide bonds. The third-order valence-corrected chi connectivity index (χ3v) is 4.77. The first-order valence-electron chi connectivity index (χ1n) is 7.23. The van der Waals surface area contributed by atoms with Crippen molar-refractivity contribution in [2.24, 2.45) is 0 Å². The summed E-state index contributed by atoms with van der Waals surface area (Å²) in [5.74, 6) is -0.0753. The van der Waals surface area contributed by atoms with Gasteiger partial charge in [0, 0.05) is 29.7 Å². The number of pyridine rings is 1. The van der Waals surface area contributed by atoms with Gasteiger partial charge in [0.25, 0.3) is 0 Å². The van der Waals surface area contributed by atoms with Gasteiger partial charge >= 0.3 is 0 Å². The van der Waals surface area contributed by atoms with E-state index in [-0.39, 0.29) is 5.91 Å². The van der Waals surface area contributed by atoms with E-state index in [0.717, 1.165) is 35.6 Å². The molecular formula is C16H16N4OS. The summed E-state index contributed by atoms with van der Waals surface area (Å²) in [5.41, 5.74) is 2.62. The van der Waals surface area contributed by atoms with Crippen molar-refractivity contribution in [3.8, 4) is 6.07 Å². The van der Waals surface area contributed by atoms with Gasteiger partial charge in [0.15, 0.2) is 0 Å². The molecule has 2 aromatic rings. The zero-order valence-corrected chi connectivity index (χ0v) is 12.9. The molecule has 0 radical (unpaired) electrons. The molecule has 22 heavy (non-hydrogen) atoms. The first-order chi connectivity index (χ1) is 10.8. The zero-order chi connectivity index (χ0) is 15.4. The molecule has 3 heterocycles. The largest absolute Gasteiger partial charge is 0.317 e. The summed E-state index contributed by atoms with van der Waals surface area (Å²) in [6.07, 6.45) is 3.53. The molecule has 6 heteroatoms. The topological polar surface area (TPSA) is 77.8 Å². The molecule has 1 aliphatic rings. The van der Waals surface area contributed by atoms with Crippen LogP contribution in [0.25, 0.3) is 0 Å². The summed E-state index contributed by atoms with van der Waals surface area (Å²) in [7, 11) is 0. The Labute approximate surface area is 133 Å². The van der Waals surface area contributed by atoms with E-state index in [4.69, 9.17) is 0 Å². The number of rotatable bonds is 4. The number of anilines is 1. The lowest BCUT2D eigenvalue weighted by Crippen LogP contribution is -2.22. The summed E-state index contributed by atoms with van der Waals surface area (Å²) >= 11 is 1.50. The number of nitriles is 1. The Morgan fingerprint density at radius 3 is 3.18 bits per heavy atom. The van der Waals surface area contributed by atoms with Crippen LogP contribution in [0.1, 0.15) is 28.1 Å². The first-order valence-corrected chi connectivity index (χ1v) is 8.04. The van der Waals surface area contributed by atoms with Crippen molar-refractivity contribution in [1.29, 1.82) is 5.26 Å². The molecule has 0 atom stereocenters. The summed E-state index contributed by atoms with van der Waals surface area (Å²) in [5, 5.41) is 16.2. The van der Waals surface area contributed by atoms with Crippen LogP contribution in [0.15, 0.2) is 24.4 Å². The monoisotopic (exact) mass is 312 g/mol. The minimum absolute atomic E-state index is 0.0753. The second kappa shape index (κ2) is 6.69. The Morgan fingerprint density at radius 2 is 2.41 bits per heavy atom. The van der Waals surface area contributed by atoms with Gasteiger partial charge in [0.05, 0.1) is 5.56 Å². The fraction of sp³-hybridized carbons (Fsp3) is 0.312. The third-order valence-electron chi connectivity index (χ3n) is 3.63. The first kappa shape index (κ1) is 14.7. The number of carbonyl (C=O) groups excluding carboxylic acids is 1. The number of hydrogen-bond donors (Lipinski definition) is 2. The summed E-state index contributed by atoms with van der Waals surface area (Å²) in [4.78, 5) is 17.5. The second-order valence-electron chi connectivity index (χ2n) is 5.12. The van der Waals surface area contributed by atoms with E-state index in [9.17, 15) is 10.1 Å². The SMILES string of the molecule is N#Cc1c(NC(=O)CCc2ccccn2)sc2c1CCNC2. The Morgan fingerprint density at radius 1 is 1.50 bits per heavy atom. The van der Waals surface area contributed by atoms with Gasteiger partial charge in [-0.15, -0.1) is 11.3 Å². The lowest BCUT2D eigenvalue weighted by molar-refractivity contribution is -0.116. The van der Waals surface area contributed by atoms with Gasteiger partial charge in [-0.2, -0.15) is 5.26 Å². The molecule has 0 fully saturated rings. The number of thiophene rings is 1. The van der Waals surface area contributed by atoms with Gasteiger partial charge in [-0.05, 0) is 37.1 Å². The van der Waals surface area contributed by atoms with Crippen molar-refractivity contribution in [3.05, 3.63) is 46.1 Å². The number of carbonyl (C=O) groups is 1. The molecule has 2 N–H and O–H groups in total. The predicted molar refractivity (Wildman–Crippen MR) is 85.6 cm³/mol. The van der Waals surface area contributed by atoms with Crippen molar-refractivity contribution < 1.29 is 4.79 Å². The Balaban J connectivity index is 1.67. The van der Waals surface area contributed by atoms with Gasteiger partial charge in [0.1, 0.15) is 11.1 Å². The molecule has 0 unspecified atom stereocenters. The average Bonchev–Trinajstić information content (AvgIpc) is 2.91. The number of aryl methyl sites for hydroxylation is 1. The van der Waals surface area contributed by atoms with Gasteiger partial charge in [-0.3, -0.25) is 9.78 Å². The minimum atomic E-state index is -0.0753. The van der Waals surface area contributed by atoms with Crippen molar-refractivity contribution in [2.45, 2.75) is 25.8 Å². The molecular weight excluding hydrogens is 296 g/mol. The zero-order valence-electron chi connectivity index (χ0n) is 12.1. The van der Waals surface area contributed by atoms with Crippen LogP contribution < -0.4 is 10.6 Å². The van der Waals surface area contributed by atoms with Gasteiger partial charge in [0.2, 0.25) is 5.91 Å². The van der Waals surface area contributed by atoms with E-state index >= 15 is 0 Å². The maximum absolute atomic E-state index is 12.1. The van der Waals surface area contributed by atoms with E-state index in [2.05, 4.69) is 21.7 Å². The maximum atomic E-state index is 12.1. The molecule has 1 aliphatic heterocycles. The molecule has 0 saturated heterocycles. The average molecular weight is 312 g/mol. The van der Waals surface area contributed by atoms with Crippen molar-refractivity contribution in [3.63, 3.8) is 0 Å². The molecule has 112 valence electrons. The summed E-state index contributed by atoms with van der Waals surface area (Å²) in [6, 6.07) is 7.91. The standard InChI is InChI=1S/C16H16N4OS/c17-9-13-12-6-8-18-10-14(12)22-16(13)20-15(21)5-4-11-3-1-2-7-19-11/h1-3,7,18H,4-6,8,10H2,(H,20,21). The maximum Gasteiger partial charge on any atom is 0.225 e. The number of hydrogen-bond acceptors (Lipinski definition) is 5. The quantitative estimate of drug-likeness (QED) is 0.907. The number of aromatic nitrogens is 1. The smallest absolute Gasteiger partial charge is 0.225 e. The predicted octanol–water partition coefficient (Wildman–Crippen LogP) is 2.23. The van der Waals surface area contributed by atoms with E-state index in [1.165, 1.54) is 11.3 Å². The normalized spacial score (nSPS) is 13.2. The molecule has 3 rings (SSSR count). The van der Waals surface area contributed by atoms with Gasteiger partial charge in [-0.1, -0.05) is 6.07 Å². The van der Waals surface area contributed by atoms with Crippen LogP contribution in [0.5, 0.6) is 0 Å². The lowest BCUT2D eigenvalue weighted by Gasteiger charge is -2.11.